The number of rotatable bonds is 3. The molecule has 2 fully saturated rings. The lowest BCUT2D eigenvalue weighted by Gasteiger charge is -2.30. The van der Waals surface area contributed by atoms with Crippen LogP contribution in [0.4, 0.5) is 0 Å². The molecular weight excluding hydrogens is 364 g/mol. The molecule has 3 aromatic rings. The van der Waals surface area contributed by atoms with Crippen molar-refractivity contribution in [2.75, 3.05) is 13.1 Å². The smallest absolute Gasteiger partial charge is 0.328 e. The maximum atomic E-state index is 12.2. The predicted molar refractivity (Wildman–Crippen MR) is 113 cm³/mol. The second kappa shape index (κ2) is 6.54. The Morgan fingerprint density at radius 2 is 1.93 bits per heavy atom. The van der Waals surface area contributed by atoms with Gasteiger partial charge in [-0.1, -0.05) is 12.1 Å². The standard InChI is InChI=1S/C23H28N4O2/c1-15-4-7-21(24-11-15)23(29)9-8-17-13-27(14-18(17)23)12-16-5-6-19-20(10-16)26(3)22(28)25(19)2/h4-7,10-11,17-18,29H,8-9,12-14H2,1-3H3/t17-,18+,23-/m0/s1. The Morgan fingerprint density at radius 1 is 1.14 bits per heavy atom. The Balaban J connectivity index is 1.37. The molecule has 6 nitrogen and oxygen atoms in total. The van der Waals surface area contributed by atoms with Crippen molar-refractivity contribution in [2.45, 2.75) is 31.9 Å². The van der Waals surface area contributed by atoms with Gasteiger partial charge >= 0.3 is 5.69 Å². The molecule has 0 unspecified atom stereocenters. The highest BCUT2D eigenvalue weighted by molar-refractivity contribution is 5.76. The molecule has 5 rings (SSSR count). The van der Waals surface area contributed by atoms with Crippen LogP contribution in [0.5, 0.6) is 0 Å². The van der Waals surface area contributed by atoms with Gasteiger partial charge in [0.2, 0.25) is 0 Å². The Labute approximate surface area is 170 Å². The van der Waals surface area contributed by atoms with E-state index in [1.165, 1.54) is 5.56 Å². The van der Waals surface area contributed by atoms with Gasteiger partial charge in [0.05, 0.1) is 16.7 Å². The van der Waals surface area contributed by atoms with Gasteiger partial charge in [0.1, 0.15) is 5.60 Å². The maximum absolute atomic E-state index is 12.2. The summed E-state index contributed by atoms with van der Waals surface area (Å²) in [7, 11) is 3.63. The minimum Gasteiger partial charge on any atom is -0.383 e. The third-order valence-corrected chi connectivity index (χ3v) is 7.12. The number of aryl methyl sites for hydroxylation is 3. The van der Waals surface area contributed by atoms with Crippen LogP contribution in [0.25, 0.3) is 11.0 Å². The fourth-order valence-corrected chi connectivity index (χ4v) is 5.46. The Morgan fingerprint density at radius 3 is 2.69 bits per heavy atom. The molecule has 29 heavy (non-hydrogen) atoms. The first-order valence-corrected chi connectivity index (χ1v) is 10.4. The molecule has 1 saturated heterocycles. The highest BCUT2D eigenvalue weighted by atomic mass is 16.3. The molecular formula is C23H28N4O2. The summed E-state index contributed by atoms with van der Waals surface area (Å²) in [6.45, 7) is 4.74. The summed E-state index contributed by atoms with van der Waals surface area (Å²) in [5.74, 6) is 0.732. The van der Waals surface area contributed by atoms with Gasteiger partial charge in [-0.2, -0.15) is 0 Å². The summed E-state index contributed by atoms with van der Waals surface area (Å²) in [4.78, 5) is 19.2. The van der Waals surface area contributed by atoms with Crippen LogP contribution in [0.15, 0.2) is 41.3 Å². The average molecular weight is 393 g/mol. The lowest BCUT2D eigenvalue weighted by atomic mass is 9.85. The van der Waals surface area contributed by atoms with Crippen LogP contribution in [0, 0.1) is 18.8 Å². The first-order chi connectivity index (χ1) is 13.9. The summed E-state index contributed by atoms with van der Waals surface area (Å²) in [6.07, 6.45) is 3.69. The van der Waals surface area contributed by atoms with Gasteiger partial charge in [-0.3, -0.25) is 19.0 Å². The number of imidazole rings is 1. The van der Waals surface area contributed by atoms with E-state index in [2.05, 4.69) is 22.0 Å². The molecule has 0 bridgehead atoms. The first kappa shape index (κ1) is 18.6. The normalized spacial score (nSPS) is 27.0. The van der Waals surface area contributed by atoms with Crippen LogP contribution >= 0.6 is 0 Å². The molecule has 3 atom stereocenters. The molecule has 2 aromatic heterocycles. The molecule has 1 aromatic carbocycles. The second-order valence-corrected chi connectivity index (χ2v) is 8.97. The van der Waals surface area contributed by atoms with Crippen molar-refractivity contribution in [3.63, 3.8) is 0 Å². The fraction of sp³-hybridized carbons (Fsp3) is 0.478. The van der Waals surface area contributed by atoms with Crippen molar-refractivity contribution in [1.82, 2.24) is 19.0 Å². The fourth-order valence-electron chi connectivity index (χ4n) is 5.46. The van der Waals surface area contributed by atoms with Gasteiger partial charge in [-0.15, -0.1) is 0 Å². The van der Waals surface area contributed by atoms with E-state index in [1.807, 2.05) is 45.4 Å². The predicted octanol–water partition coefficient (Wildman–Crippen LogP) is 2.31. The number of hydrogen-bond donors (Lipinski definition) is 1. The Bertz CT molecular complexity index is 1130. The van der Waals surface area contributed by atoms with Crippen molar-refractivity contribution in [3.05, 3.63) is 63.8 Å². The van der Waals surface area contributed by atoms with Crippen LogP contribution < -0.4 is 5.69 Å². The lowest BCUT2D eigenvalue weighted by Crippen LogP contribution is -2.35. The van der Waals surface area contributed by atoms with Crippen LogP contribution in [-0.2, 0) is 26.2 Å². The third-order valence-electron chi connectivity index (χ3n) is 7.12. The number of fused-ring (bicyclic) bond motifs is 2. The number of benzene rings is 1. The number of aromatic nitrogens is 3. The van der Waals surface area contributed by atoms with Crippen LogP contribution in [0.3, 0.4) is 0 Å². The van der Waals surface area contributed by atoms with Crippen molar-refractivity contribution in [1.29, 1.82) is 0 Å². The monoisotopic (exact) mass is 392 g/mol. The van der Waals surface area contributed by atoms with E-state index in [0.717, 1.165) is 54.8 Å². The molecule has 0 spiro atoms. The topological polar surface area (TPSA) is 63.3 Å². The quantitative estimate of drug-likeness (QED) is 0.743. The molecule has 152 valence electrons. The van der Waals surface area contributed by atoms with E-state index in [0.29, 0.717) is 5.92 Å². The van der Waals surface area contributed by atoms with Crippen LogP contribution in [0.1, 0.15) is 29.7 Å². The SMILES string of the molecule is Cc1ccc([C@]2(O)CC[C@H]3CN(Cc4ccc5c(c4)n(C)c(=O)n5C)C[C@H]32)nc1. The Hall–Kier alpha value is -2.44. The van der Waals surface area contributed by atoms with Gasteiger partial charge in [-0.25, -0.2) is 4.79 Å². The number of likely N-dealkylation sites (tertiary alicyclic amines) is 1. The van der Waals surface area contributed by atoms with Crippen LogP contribution in [-0.4, -0.2) is 37.2 Å². The highest BCUT2D eigenvalue weighted by Gasteiger charge is 2.53. The van der Waals surface area contributed by atoms with Gasteiger partial charge in [-0.05, 0) is 55.0 Å². The molecule has 1 N–H and O–H groups in total. The summed E-state index contributed by atoms with van der Waals surface area (Å²) < 4.78 is 3.40. The number of nitrogens with zero attached hydrogens (tertiary/aromatic N) is 4. The molecule has 6 heteroatoms. The summed E-state index contributed by atoms with van der Waals surface area (Å²) in [5.41, 5.74) is 4.25. The first-order valence-electron chi connectivity index (χ1n) is 10.4. The number of pyridine rings is 1. The van der Waals surface area contributed by atoms with E-state index in [9.17, 15) is 9.90 Å². The van der Waals surface area contributed by atoms with Crippen LogP contribution in [0.2, 0.25) is 0 Å². The zero-order chi connectivity index (χ0) is 20.3. The number of hydrogen-bond acceptors (Lipinski definition) is 4. The van der Waals surface area contributed by atoms with E-state index >= 15 is 0 Å². The Kier molecular flexibility index (Phi) is 4.19. The van der Waals surface area contributed by atoms with E-state index in [1.54, 1.807) is 9.13 Å². The minimum atomic E-state index is -0.819. The zero-order valence-corrected chi connectivity index (χ0v) is 17.3. The minimum absolute atomic E-state index is 0.00326. The number of aliphatic hydroxyl groups is 1. The largest absolute Gasteiger partial charge is 0.383 e. The average Bonchev–Trinajstić information content (AvgIpc) is 3.32. The molecule has 0 radical (unpaired) electrons. The highest BCUT2D eigenvalue weighted by Crippen LogP contribution is 2.50. The summed E-state index contributed by atoms with van der Waals surface area (Å²) in [6, 6.07) is 10.3. The lowest BCUT2D eigenvalue weighted by molar-refractivity contribution is -0.0108. The molecule has 1 aliphatic heterocycles. The van der Waals surface area contributed by atoms with E-state index in [-0.39, 0.29) is 11.6 Å². The molecule has 3 heterocycles. The van der Waals surface area contributed by atoms with Gasteiger partial charge in [0.25, 0.3) is 0 Å². The van der Waals surface area contributed by atoms with Crippen molar-refractivity contribution >= 4 is 11.0 Å². The van der Waals surface area contributed by atoms with Crippen molar-refractivity contribution < 1.29 is 5.11 Å². The molecule has 1 aliphatic carbocycles. The summed E-state index contributed by atoms with van der Waals surface area (Å²) >= 11 is 0. The molecule has 2 aliphatic rings. The van der Waals surface area contributed by atoms with Gasteiger partial charge < -0.3 is 5.11 Å². The van der Waals surface area contributed by atoms with Crippen molar-refractivity contribution in [3.8, 4) is 0 Å². The maximum Gasteiger partial charge on any atom is 0.328 e. The van der Waals surface area contributed by atoms with Gasteiger partial charge in [0.15, 0.2) is 0 Å². The van der Waals surface area contributed by atoms with E-state index in [4.69, 9.17) is 0 Å². The summed E-state index contributed by atoms with van der Waals surface area (Å²) in [5, 5.41) is 11.5. The zero-order valence-electron chi connectivity index (χ0n) is 17.3. The third kappa shape index (κ3) is 2.85. The van der Waals surface area contributed by atoms with Crippen molar-refractivity contribution in [2.24, 2.45) is 25.9 Å². The van der Waals surface area contributed by atoms with Gasteiger partial charge in [0, 0.05) is 45.8 Å². The molecule has 0 amide bonds. The van der Waals surface area contributed by atoms with E-state index < -0.39 is 5.60 Å². The molecule has 1 saturated carbocycles. The second-order valence-electron chi connectivity index (χ2n) is 8.97.